The zero-order valence-corrected chi connectivity index (χ0v) is 15.1. The smallest absolute Gasteiger partial charge is 0.276 e. The third-order valence-electron chi connectivity index (χ3n) is 4.05. The molecule has 0 radical (unpaired) electrons. The number of hydrogen-bond donors (Lipinski definition) is 3. The predicted molar refractivity (Wildman–Crippen MR) is 96.5 cm³/mol. The molecule has 1 atom stereocenters. The molecule has 0 bridgehead atoms. The lowest BCUT2D eigenvalue weighted by atomic mass is 9.89. The van der Waals surface area contributed by atoms with Gasteiger partial charge in [0.2, 0.25) is 0 Å². The van der Waals surface area contributed by atoms with E-state index >= 15 is 0 Å². The molecule has 0 saturated heterocycles. The molecule has 0 aromatic heterocycles. The molecule has 0 aliphatic rings. The molecule has 0 amide bonds. The standard InChI is InChI=1S/C19H26O3Si/c1-18(2,3)14-17(19(20,21)22)23(15-10-6-4-7-11-15)16-12-8-5-9-13-16/h4-13,17,20-23H,14H2,1-3H3/t17-/m0/s1. The third kappa shape index (κ3) is 5.01. The van der Waals surface area contributed by atoms with Crippen LogP contribution in [0.5, 0.6) is 0 Å². The average molecular weight is 331 g/mol. The van der Waals surface area contributed by atoms with E-state index in [0.717, 1.165) is 10.4 Å². The second-order valence-corrected chi connectivity index (χ2v) is 10.5. The summed E-state index contributed by atoms with van der Waals surface area (Å²) in [6, 6.07) is 19.8. The Labute approximate surface area is 139 Å². The number of aliphatic hydroxyl groups is 3. The van der Waals surface area contributed by atoms with Gasteiger partial charge in [-0.1, -0.05) is 91.8 Å². The maximum Gasteiger partial charge on any atom is 0.276 e. The zero-order valence-electron chi connectivity index (χ0n) is 14.0. The summed E-state index contributed by atoms with van der Waals surface area (Å²) in [6.07, 6.45) is 0.525. The molecular weight excluding hydrogens is 304 g/mol. The van der Waals surface area contributed by atoms with Crippen LogP contribution in [0.4, 0.5) is 0 Å². The summed E-state index contributed by atoms with van der Waals surface area (Å²) >= 11 is 0. The molecule has 3 N–H and O–H groups in total. The Morgan fingerprint density at radius 2 is 1.17 bits per heavy atom. The summed E-state index contributed by atoms with van der Waals surface area (Å²) in [5.41, 5.74) is -0.730. The Kier molecular flexibility index (Phi) is 5.42. The van der Waals surface area contributed by atoms with Crippen LogP contribution in [0, 0.1) is 5.41 Å². The van der Waals surface area contributed by atoms with Crippen molar-refractivity contribution in [3.63, 3.8) is 0 Å². The lowest BCUT2D eigenvalue weighted by Gasteiger charge is -2.36. The Morgan fingerprint density at radius 1 is 0.783 bits per heavy atom. The van der Waals surface area contributed by atoms with E-state index in [4.69, 9.17) is 0 Å². The van der Waals surface area contributed by atoms with Gasteiger partial charge >= 0.3 is 0 Å². The molecule has 3 nitrogen and oxygen atoms in total. The molecule has 23 heavy (non-hydrogen) atoms. The molecule has 0 aliphatic carbocycles. The van der Waals surface area contributed by atoms with Gasteiger partial charge in [-0.25, -0.2) is 0 Å². The fraction of sp³-hybridized carbons (Fsp3) is 0.368. The first kappa shape index (κ1) is 17.9. The molecule has 2 aromatic rings. The Hall–Kier alpha value is -1.46. The topological polar surface area (TPSA) is 60.7 Å². The molecule has 124 valence electrons. The van der Waals surface area contributed by atoms with Gasteiger partial charge in [-0.05, 0) is 11.8 Å². The van der Waals surface area contributed by atoms with Gasteiger partial charge in [-0.3, -0.25) is 0 Å². The van der Waals surface area contributed by atoms with Crippen molar-refractivity contribution in [2.75, 3.05) is 0 Å². The normalized spacial score (nSPS) is 14.0. The van der Waals surface area contributed by atoms with Crippen molar-refractivity contribution in [2.45, 2.75) is 38.7 Å². The fourth-order valence-corrected chi connectivity index (χ4v) is 7.09. The molecule has 2 aromatic carbocycles. The highest BCUT2D eigenvalue weighted by Crippen LogP contribution is 2.35. The molecule has 0 saturated carbocycles. The Morgan fingerprint density at radius 3 is 1.48 bits per heavy atom. The number of benzene rings is 2. The minimum atomic E-state index is -2.68. The summed E-state index contributed by atoms with van der Waals surface area (Å²) in [5.74, 6) is -2.68. The van der Waals surface area contributed by atoms with Gasteiger partial charge in [0.1, 0.15) is 8.80 Å². The molecular formula is C19H26O3Si. The summed E-state index contributed by atoms with van der Waals surface area (Å²) in [4.78, 5) is 0. The summed E-state index contributed by atoms with van der Waals surface area (Å²) < 4.78 is 0. The van der Waals surface area contributed by atoms with Crippen molar-refractivity contribution in [1.29, 1.82) is 0 Å². The van der Waals surface area contributed by atoms with E-state index in [1.165, 1.54) is 0 Å². The minimum absolute atomic E-state index is 0.126. The molecule has 0 heterocycles. The van der Waals surface area contributed by atoms with Gasteiger partial charge in [0.05, 0.1) is 0 Å². The summed E-state index contributed by atoms with van der Waals surface area (Å²) in [5, 5.41) is 32.4. The predicted octanol–water partition coefficient (Wildman–Crippen LogP) is 1.47. The third-order valence-corrected chi connectivity index (χ3v) is 7.74. The second-order valence-electron chi connectivity index (χ2n) is 7.36. The highest BCUT2D eigenvalue weighted by atomic mass is 28.3. The maximum atomic E-state index is 10.1. The largest absolute Gasteiger partial charge is 0.344 e. The quantitative estimate of drug-likeness (QED) is 0.575. The van der Waals surface area contributed by atoms with Crippen LogP contribution in [0.15, 0.2) is 60.7 Å². The van der Waals surface area contributed by atoms with Crippen molar-refractivity contribution in [3.05, 3.63) is 60.7 Å². The first-order valence-electron chi connectivity index (χ1n) is 7.95. The van der Waals surface area contributed by atoms with Crippen molar-refractivity contribution >= 4 is 19.2 Å². The second kappa shape index (κ2) is 6.97. The first-order valence-corrected chi connectivity index (χ1v) is 9.77. The molecule has 0 fully saturated rings. The van der Waals surface area contributed by atoms with Crippen molar-refractivity contribution < 1.29 is 15.3 Å². The van der Waals surface area contributed by atoms with Crippen LogP contribution in [0.1, 0.15) is 27.2 Å². The zero-order chi connectivity index (χ0) is 17.1. The van der Waals surface area contributed by atoms with Crippen molar-refractivity contribution in [3.8, 4) is 0 Å². The first-order chi connectivity index (χ1) is 10.7. The van der Waals surface area contributed by atoms with E-state index in [1.54, 1.807) is 0 Å². The molecule has 4 heteroatoms. The molecule has 0 spiro atoms. The van der Waals surface area contributed by atoms with Gasteiger partial charge in [0.15, 0.2) is 0 Å². The van der Waals surface area contributed by atoms with Crippen molar-refractivity contribution in [1.82, 2.24) is 0 Å². The van der Waals surface area contributed by atoms with Gasteiger partial charge < -0.3 is 15.3 Å². The lowest BCUT2D eigenvalue weighted by Crippen LogP contribution is -2.55. The van der Waals surface area contributed by atoms with Gasteiger partial charge in [0, 0.05) is 5.54 Å². The van der Waals surface area contributed by atoms with Crippen LogP contribution in [0.25, 0.3) is 0 Å². The van der Waals surface area contributed by atoms with Crippen LogP contribution in [0.3, 0.4) is 0 Å². The molecule has 2 rings (SSSR count). The van der Waals surface area contributed by atoms with Crippen molar-refractivity contribution in [2.24, 2.45) is 5.41 Å². The highest BCUT2D eigenvalue weighted by molar-refractivity contribution is 6.86. The van der Waals surface area contributed by atoms with E-state index in [1.807, 2.05) is 81.4 Å². The average Bonchev–Trinajstić information content (AvgIpc) is 2.47. The summed E-state index contributed by atoms with van der Waals surface area (Å²) in [7, 11) is -2.04. The monoisotopic (exact) mass is 330 g/mol. The SMILES string of the molecule is CC(C)(C)C[C@H]([SiH](c1ccccc1)c1ccccc1)C(O)(O)O. The van der Waals surface area contributed by atoms with Gasteiger partial charge in [-0.2, -0.15) is 0 Å². The number of hydrogen-bond acceptors (Lipinski definition) is 3. The number of rotatable bonds is 5. The van der Waals surface area contributed by atoms with Gasteiger partial charge in [-0.15, -0.1) is 0 Å². The fourth-order valence-electron chi connectivity index (χ4n) is 3.12. The van der Waals surface area contributed by atoms with Crippen LogP contribution in [-0.4, -0.2) is 30.1 Å². The van der Waals surface area contributed by atoms with Crippen LogP contribution >= 0.6 is 0 Å². The van der Waals surface area contributed by atoms with Gasteiger partial charge in [0.25, 0.3) is 5.97 Å². The van der Waals surface area contributed by atoms with Crippen LogP contribution < -0.4 is 10.4 Å². The van der Waals surface area contributed by atoms with E-state index < -0.39 is 20.3 Å². The van der Waals surface area contributed by atoms with Crippen LogP contribution in [0.2, 0.25) is 5.54 Å². The lowest BCUT2D eigenvalue weighted by molar-refractivity contribution is -0.316. The molecule has 0 aliphatic heterocycles. The van der Waals surface area contributed by atoms with E-state index in [9.17, 15) is 15.3 Å². The Balaban J connectivity index is 2.54. The van der Waals surface area contributed by atoms with E-state index in [0.29, 0.717) is 6.42 Å². The Bertz CT molecular complexity index is 561. The van der Waals surface area contributed by atoms with E-state index in [-0.39, 0.29) is 5.41 Å². The minimum Gasteiger partial charge on any atom is -0.344 e. The highest BCUT2D eigenvalue weighted by Gasteiger charge is 2.43. The maximum absolute atomic E-state index is 10.1. The van der Waals surface area contributed by atoms with E-state index in [2.05, 4.69) is 0 Å². The molecule has 0 unspecified atom stereocenters. The summed E-state index contributed by atoms with van der Waals surface area (Å²) in [6.45, 7) is 6.15. The van der Waals surface area contributed by atoms with Crippen LogP contribution in [-0.2, 0) is 0 Å².